The molecule has 0 aromatic carbocycles. The molecule has 0 aromatic rings. The molecule has 6 unspecified atom stereocenters. The first-order valence-electron chi connectivity index (χ1n) is 10.4. The van der Waals surface area contributed by atoms with Gasteiger partial charge in [0.1, 0.15) is 24.6 Å². The summed E-state index contributed by atoms with van der Waals surface area (Å²) in [4.78, 5) is 41.7. The number of aliphatic hydroxyl groups excluding tert-OH is 3. The fraction of sp³-hybridized carbons (Fsp3) is 0.944. The van der Waals surface area contributed by atoms with Gasteiger partial charge in [-0.2, -0.15) is 0 Å². The third-order valence-corrected chi connectivity index (χ3v) is 5.29. The number of unbranched alkanes of at least 4 members (excludes halogenated alkanes) is 4. The minimum Gasteiger partial charge on any atom is -0.386 e. The average molecular weight is 451 g/mol. The Bertz CT molecular complexity index is 577. The number of hydrogen-bond acceptors (Lipinski definition) is 10. The number of nitro groups is 3. The van der Waals surface area contributed by atoms with Gasteiger partial charge in [-0.05, 0) is 19.3 Å². The van der Waals surface area contributed by atoms with E-state index < -0.39 is 64.0 Å². The maximum atomic E-state index is 11.4. The molecule has 0 heterocycles. The molecule has 180 valence electrons. The quantitative estimate of drug-likeness (QED) is 0.110. The molecule has 0 aliphatic rings. The Kier molecular flexibility index (Phi) is 14.4. The summed E-state index contributed by atoms with van der Waals surface area (Å²) < 4.78 is 0. The molecule has 0 aromatic heterocycles. The smallest absolute Gasteiger partial charge is 0.245 e. The molecule has 13 heteroatoms. The van der Waals surface area contributed by atoms with Crippen LogP contribution < -0.4 is 0 Å². The van der Waals surface area contributed by atoms with Crippen molar-refractivity contribution in [3.8, 4) is 0 Å². The third kappa shape index (κ3) is 11.1. The first-order valence-corrected chi connectivity index (χ1v) is 10.4. The van der Waals surface area contributed by atoms with Gasteiger partial charge in [0.2, 0.25) is 18.1 Å². The molecule has 0 spiro atoms. The van der Waals surface area contributed by atoms with Gasteiger partial charge in [0.05, 0.1) is 12.8 Å². The van der Waals surface area contributed by atoms with E-state index >= 15 is 0 Å². The van der Waals surface area contributed by atoms with Gasteiger partial charge < -0.3 is 20.1 Å². The second-order valence-electron chi connectivity index (χ2n) is 7.68. The van der Waals surface area contributed by atoms with E-state index in [1.54, 1.807) is 0 Å². The lowest BCUT2D eigenvalue weighted by Crippen LogP contribution is -2.46. The predicted molar refractivity (Wildman–Crippen MR) is 108 cm³/mol. The number of nitrogens with zero attached hydrogens (tertiary/aromatic N) is 3. The van der Waals surface area contributed by atoms with Crippen LogP contribution in [0.3, 0.4) is 0 Å². The molecule has 0 bridgehead atoms. The van der Waals surface area contributed by atoms with Crippen LogP contribution in [0.25, 0.3) is 0 Å². The highest BCUT2D eigenvalue weighted by Crippen LogP contribution is 2.21. The Balaban J connectivity index is 5.21. The molecule has 0 aliphatic heterocycles. The highest BCUT2D eigenvalue weighted by atomic mass is 16.6. The van der Waals surface area contributed by atoms with Crippen LogP contribution in [0.1, 0.15) is 71.1 Å². The minimum absolute atomic E-state index is 0.0618. The Morgan fingerprint density at radius 2 is 1.13 bits per heavy atom. The van der Waals surface area contributed by atoms with Crippen molar-refractivity contribution in [3.05, 3.63) is 30.3 Å². The molecule has 0 radical (unpaired) electrons. The molecule has 3 N–H and O–H groups in total. The zero-order valence-corrected chi connectivity index (χ0v) is 17.7. The molecule has 0 saturated carbocycles. The van der Waals surface area contributed by atoms with E-state index in [1.165, 1.54) is 0 Å². The molecule has 0 aliphatic carbocycles. The predicted octanol–water partition coefficient (Wildman–Crippen LogP) is 1.12. The van der Waals surface area contributed by atoms with Gasteiger partial charge in [0.15, 0.2) is 0 Å². The number of hydrogen-bond donors (Lipinski definition) is 3. The Morgan fingerprint density at radius 3 is 1.55 bits per heavy atom. The van der Waals surface area contributed by atoms with Crippen molar-refractivity contribution in [3.63, 3.8) is 0 Å². The fourth-order valence-corrected chi connectivity index (χ4v) is 3.37. The van der Waals surface area contributed by atoms with Crippen molar-refractivity contribution in [1.29, 1.82) is 0 Å². The van der Waals surface area contributed by atoms with Crippen LogP contribution in [0.2, 0.25) is 0 Å². The van der Waals surface area contributed by atoms with Gasteiger partial charge in [0.25, 0.3) is 0 Å². The topological polar surface area (TPSA) is 207 Å². The van der Waals surface area contributed by atoms with E-state index in [0.717, 1.165) is 12.8 Å². The number of carbonyl (C=O) groups excluding carboxylic acids is 1. The number of aliphatic hydroxyl groups is 3. The molecular weight excluding hydrogens is 418 g/mol. The van der Waals surface area contributed by atoms with Gasteiger partial charge >= 0.3 is 0 Å². The lowest BCUT2D eigenvalue weighted by atomic mass is 9.91. The van der Waals surface area contributed by atoms with Gasteiger partial charge in [-0.3, -0.25) is 30.3 Å². The Hall–Kier alpha value is -2.25. The number of aldehydes is 1. The average Bonchev–Trinajstić information content (AvgIpc) is 2.68. The maximum Gasteiger partial charge on any atom is 0.245 e. The van der Waals surface area contributed by atoms with Crippen molar-refractivity contribution >= 4 is 6.29 Å². The van der Waals surface area contributed by atoms with Crippen molar-refractivity contribution in [2.45, 2.75) is 108 Å². The SMILES string of the molecule is CCCCCC(O)C(CC(O)C(CC(C(O)CCCCC=O)[N+](=O)[O-])[N+](=O)[O-])[N+](=O)[O-]. The standard InChI is InChI=1S/C18H33N3O10/c1-2-3-5-8-17(24)15(21(30)31)12-18(25)14(20(28)29)11-13(19(26)27)16(23)9-6-4-7-10-22/h10,13-18,23-25H,2-9,11-12H2,1H3. The first-order chi connectivity index (χ1) is 14.6. The van der Waals surface area contributed by atoms with Gasteiger partial charge in [-0.1, -0.05) is 32.6 Å². The Morgan fingerprint density at radius 1 is 0.710 bits per heavy atom. The summed E-state index contributed by atoms with van der Waals surface area (Å²) in [7, 11) is 0. The minimum atomic E-state index is -1.93. The van der Waals surface area contributed by atoms with Crippen LogP contribution in [0, 0.1) is 30.3 Å². The van der Waals surface area contributed by atoms with E-state index in [0.29, 0.717) is 25.5 Å². The van der Waals surface area contributed by atoms with Gasteiger partial charge in [0, 0.05) is 21.2 Å². The monoisotopic (exact) mass is 451 g/mol. The van der Waals surface area contributed by atoms with E-state index in [2.05, 4.69) is 0 Å². The summed E-state index contributed by atoms with van der Waals surface area (Å²) in [6.45, 7) is 1.91. The van der Waals surface area contributed by atoms with Gasteiger partial charge in [-0.15, -0.1) is 0 Å². The molecule has 13 nitrogen and oxygen atoms in total. The molecule has 6 atom stereocenters. The van der Waals surface area contributed by atoms with Crippen LogP contribution in [-0.2, 0) is 4.79 Å². The fourth-order valence-electron chi connectivity index (χ4n) is 3.37. The van der Waals surface area contributed by atoms with E-state index in [-0.39, 0.29) is 19.3 Å². The van der Waals surface area contributed by atoms with E-state index in [4.69, 9.17) is 0 Å². The highest BCUT2D eigenvalue weighted by molar-refractivity contribution is 5.48. The maximum absolute atomic E-state index is 11.4. The van der Waals surface area contributed by atoms with Crippen LogP contribution in [0.5, 0.6) is 0 Å². The van der Waals surface area contributed by atoms with Crippen molar-refractivity contribution < 1.29 is 34.9 Å². The van der Waals surface area contributed by atoms with E-state index in [9.17, 15) is 50.5 Å². The molecule has 0 fully saturated rings. The zero-order valence-electron chi connectivity index (χ0n) is 17.7. The number of rotatable bonds is 19. The summed E-state index contributed by atoms with van der Waals surface area (Å²) in [6.07, 6.45) is -2.78. The first kappa shape index (κ1) is 28.8. The molecule has 31 heavy (non-hydrogen) atoms. The highest BCUT2D eigenvalue weighted by Gasteiger charge is 2.44. The molecule has 0 amide bonds. The zero-order chi connectivity index (χ0) is 24.0. The Labute approximate surface area is 179 Å². The van der Waals surface area contributed by atoms with Crippen LogP contribution in [-0.4, -0.2) is 72.8 Å². The summed E-state index contributed by atoms with van der Waals surface area (Å²) in [5.74, 6) is 0. The van der Waals surface area contributed by atoms with Crippen LogP contribution in [0.4, 0.5) is 0 Å². The summed E-state index contributed by atoms with van der Waals surface area (Å²) in [6, 6.07) is -5.34. The molecule has 0 rings (SSSR count). The lowest BCUT2D eigenvalue weighted by molar-refractivity contribution is -0.578. The van der Waals surface area contributed by atoms with Crippen molar-refractivity contribution in [2.24, 2.45) is 0 Å². The normalized spacial score (nSPS) is 17.2. The number of carbonyl (C=O) groups is 1. The summed E-state index contributed by atoms with van der Waals surface area (Å²) >= 11 is 0. The summed E-state index contributed by atoms with van der Waals surface area (Å²) in [5.41, 5.74) is 0. The van der Waals surface area contributed by atoms with Crippen molar-refractivity contribution in [2.75, 3.05) is 0 Å². The molecule has 0 saturated heterocycles. The van der Waals surface area contributed by atoms with Crippen LogP contribution in [0.15, 0.2) is 0 Å². The molecular formula is C18H33N3O10. The van der Waals surface area contributed by atoms with Crippen LogP contribution >= 0.6 is 0 Å². The van der Waals surface area contributed by atoms with E-state index in [1.807, 2.05) is 6.92 Å². The second-order valence-corrected chi connectivity index (χ2v) is 7.68. The summed E-state index contributed by atoms with van der Waals surface area (Å²) in [5, 5.41) is 64.5. The largest absolute Gasteiger partial charge is 0.386 e. The van der Waals surface area contributed by atoms with Crippen molar-refractivity contribution in [1.82, 2.24) is 0 Å². The van der Waals surface area contributed by atoms with Gasteiger partial charge in [-0.25, -0.2) is 0 Å². The third-order valence-electron chi connectivity index (χ3n) is 5.29. The lowest BCUT2D eigenvalue weighted by Gasteiger charge is -2.23. The second kappa shape index (κ2) is 15.5.